The summed E-state index contributed by atoms with van der Waals surface area (Å²) in [5.41, 5.74) is -0.909. The molecule has 0 radical (unpaired) electrons. The number of methoxy groups -OCH3 is 1. The highest BCUT2D eigenvalue weighted by molar-refractivity contribution is 5.94. The third-order valence-electron chi connectivity index (χ3n) is 8.16. The first-order valence-corrected chi connectivity index (χ1v) is 14.0. The van der Waals surface area contributed by atoms with Gasteiger partial charge in [-0.15, -0.1) is 0 Å². The van der Waals surface area contributed by atoms with Gasteiger partial charge >= 0.3 is 0 Å². The highest BCUT2D eigenvalue weighted by Gasteiger charge is 2.34. The van der Waals surface area contributed by atoms with E-state index in [-0.39, 0.29) is 45.8 Å². The van der Waals surface area contributed by atoms with Gasteiger partial charge in [0.15, 0.2) is 22.4 Å². The fourth-order valence-electron chi connectivity index (χ4n) is 5.66. The minimum Gasteiger partial charge on any atom is -0.504 e. The van der Waals surface area contributed by atoms with E-state index in [1.165, 1.54) is 25.5 Å². The topological polar surface area (TPSA) is 154 Å². The molecule has 1 saturated heterocycles. The summed E-state index contributed by atoms with van der Waals surface area (Å²) in [5, 5.41) is 32.7. The molecule has 1 atom stereocenters. The highest BCUT2D eigenvalue weighted by Crippen LogP contribution is 2.49. The number of nitrogens with zero attached hydrogens (tertiary/aromatic N) is 2. The Hall–Kier alpha value is -5.29. The Morgan fingerprint density at radius 1 is 0.955 bits per heavy atom. The van der Waals surface area contributed by atoms with E-state index in [4.69, 9.17) is 13.6 Å². The second-order valence-corrected chi connectivity index (χ2v) is 10.8. The number of aromatic hydroxyl groups is 3. The van der Waals surface area contributed by atoms with Gasteiger partial charge in [0.2, 0.25) is 11.7 Å². The molecule has 0 aliphatic carbocycles. The maximum Gasteiger partial charge on any atom is 0.223 e. The lowest BCUT2D eigenvalue weighted by molar-refractivity contribution is -0.133. The molecule has 5 aromatic rings. The monoisotopic (exact) mass is 598 g/mol. The number of benzene rings is 3. The van der Waals surface area contributed by atoms with Gasteiger partial charge < -0.3 is 38.7 Å². The van der Waals surface area contributed by atoms with Crippen molar-refractivity contribution in [3.8, 4) is 34.3 Å². The Bertz CT molecular complexity index is 2010. The van der Waals surface area contributed by atoms with Crippen molar-refractivity contribution >= 4 is 27.8 Å². The Labute approximate surface area is 250 Å². The van der Waals surface area contributed by atoms with Gasteiger partial charge in [0.1, 0.15) is 28.1 Å². The number of ether oxygens (including phenoxy) is 1. The average molecular weight is 599 g/mol. The molecule has 3 heterocycles. The van der Waals surface area contributed by atoms with Crippen LogP contribution in [0.25, 0.3) is 33.3 Å². The second-order valence-electron chi connectivity index (χ2n) is 10.8. The summed E-state index contributed by atoms with van der Waals surface area (Å²) in [5.74, 6) is -3.74. The van der Waals surface area contributed by atoms with Gasteiger partial charge in [0.25, 0.3) is 0 Å². The van der Waals surface area contributed by atoms with Gasteiger partial charge in [-0.1, -0.05) is 30.3 Å². The van der Waals surface area contributed by atoms with Crippen LogP contribution in [0.2, 0.25) is 0 Å². The predicted molar refractivity (Wildman–Crippen MR) is 162 cm³/mol. The molecule has 0 spiro atoms. The summed E-state index contributed by atoms with van der Waals surface area (Å²) >= 11 is 0. The molecule has 1 unspecified atom stereocenters. The number of phenols is 3. The molecule has 44 heavy (non-hydrogen) atoms. The summed E-state index contributed by atoms with van der Waals surface area (Å²) in [4.78, 5) is 44.9. The third-order valence-corrected chi connectivity index (χ3v) is 8.16. The summed E-state index contributed by atoms with van der Waals surface area (Å²) in [6, 6.07) is 14.6. The molecule has 3 N–H and O–H groups in total. The third kappa shape index (κ3) is 5.01. The zero-order valence-corrected chi connectivity index (χ0v) is 24.1. The SMILES string of the molecule is COc1ccc2occ(C(CC(=O)N3CCN(C)CC3)c3c(O)c(O)c(O)c4c(=O)cc(-c5ccccc5)oc34)c(=O)c2c1. The van der Waals surface area contributed by atoms with Crippen LogP contribution < -0.4 is 15.6 Å². The maximum absolute atomic E-state index is 14.0. The molecule has 1 fully saturated rings. The Balaban J connectivity index is 1.63. The minimum atomic E-state index is -1.25. The molecule has 1 aliphatic heterocycles. The summed E-state index contributed by atoms with van der Waals surface area (Å²) in [6.07, 6.45) is 0.865. The molecule has 226 valence electrons. The largest absolute Gasteiger partial charge is 0.504 e. The maximum atomic E-state index is 14.0. The molecule has 0 bridgehead atoms. The van der Waals surface area contributed by atoms with E-state index in [1.54, 1.807) is 47.4 Å². The van der Waals surface area contributed by atoms with Crippen molar-refractivity contribution in [3.63, 3.8) is 0 Å². The van der Waals surface area contributed by atoms with Crippen molar-refractivity contribution in [1.29, 1.82) is 0 Å². The molecule has 2 aromatic heterocycles. The lowest BCUT2D eigenvalue weighted by Gasteiger charge is -2.33. The Morgan fingerprint density at radius 3 is 2.39 bits per heavy atom. The molecule has 3 aromatic carbocycles. The summed E-state index contributed by atoms with van der Waals surface area (Å²) in [7, 11) is 3.41. The first kappa shape index (κ1) is 28.8. The number of hydrogen-bond donors (Lipinski definition) is 3. The first-order valence-electron chi connectivity index (χ1n) is 14.0. The smallest absolute Gasteiger partial charge is 0.223 e. The van der Waals surface area contributed by atoms with Crippen molar-refractivity contribution in [3.05, 3.63) is 92.4 Å². The molecule has 11 heteroatoms. The number of piperazine rings is 1. The number of phenolic OH excluding ortho intramolecular Hbond substituents is 3. The van der Waals surface area contributed by atoms with Crippen LogP contribution in [0, 0.1) is 0 Å². The molecule has 1 amide bonds. The highest BCUT2D eigenvalue weighted by atomic mass is 16.5. The molecular weight excluding hydrogens is 568 g/mol. The van der Waals surface area contributed by atoms with Crippen LogP contribution in [0.5, 0.6) is 23.0 Å². The van der Waals surface area contributed by atoms with Crippen LogP contribution in [0.4, 0.5) is 0 Å². The summed E-state index contributed by atoms with van der Waals surface area (Å²) in [6.45, 7) is 2.20. The fourth-order valence-corrected chi connectivity index (χ4v) is 5.66. The molecule has 1 aliphatic rings. The molecule has 0 saturated carbocycles. The normalized spacial score (nSPS) is 14.6. The van der Waals surface area contributed by atoms with Gasteiger partial charge in [-0.25, -0.2) is 0 Å². The van der Waals surface area contributed by atoms with Crippen molar-refractivity contribution in [2.75, 3.05) is 40.3 Å². The summed E-state index contributed by atoms with van der Waals surface area (Å²) < 4.78 is 17.3. The first-order chi connectivity index (χ1) is 21.2. The van der Waals surface area contributed by atoms with Gasteiger partial charge in [-0.05, 0) is 25.2 Å². The fraction of sp³-hybridized carbons (Fsp3) is 0.242. The van der Waals surface area contributed by atoms with Crippen LogP contribution in [0.1, 0.15) is 23.5 Å². The zero-order chi connectivity index (χ0) is 31.1. The van der Waals surface area contributed by atoms with E-state index in [2.05, 4.69) is 4.90 Å². The molecule has 11 nitrogen and oxygen atoms in total. The number of hydrogen-bond acceptors (Lipinski definition) is 10. The van der Waals surface area contributed by atoms with Crippen LogP contribution in [0.3, 0.4) is 0 Å². The molecular formula is C33H30N2O9. The lowest BCUT2D eigenvalue weighted by atomic mass is 9.85. The van der Waals surface area contributed by atoms with E-state index >= 15 is 0 Å². The van der Waals surface area contributed by atoms with Crippen molar-refractivity contribution < 1.29 is 33.7 Å². The Morgan fingerprint density at radius 2 is 1.68 bits per heavy atom. The van der Waals surface area contributed by atoms with E-state index in [1.807, 2.05) is 7.05 Å². The number of carbonyl (C=O) groups excluding carboxylic acids is 1. The van der Waals surface area contributed by atoms with Crippen LogP contribution in [0.15, 0.2) is 79.3 Å². The van der Waals surface area contributed by atoms with E-state index in [0.717, 1.165) is 0 Å². The lowest BCUT2D eigenvalue weighted by Crippen LogP contribution is -2.47. The van der Waals surface area contributed by atoms with Gasteiger partial charge in [-0.2, -0.15) is 0 Å². The van der Waals surface area contributed by atoms with E-state index < -0.39 is 39.4 Å². The molecule has 6 rings (SSSR count). The number of fused-ring (bicyclic) bond motifs is 2. The Kier molecular flexibility index (Phi) is 7.48. The zero-order valence-electron chi connectivity index (χ0n) is 24.1. The predicted octanol–water partition coefficient (Wildman–Crippen LogP) is 3.99. The van der Waals surface area contributed by atoms with Gasteiger partial charge in [-0.3, -0.25) is 14.4 Å². The van der Waals surface area contributed by atoms with Crippen molar-refractivity contribution in [2.24, 2.45) is 0 Å². The van der Waals surface area contributed by atoms with Crippen LogP contribution in [-0.4, -0.2) is 71.4 Å². The van der Waals surface area contributed by atoms with E-state index in [0.29, 0.717) is 37.5 Å². The second kappa shape index (κ2) is 11.4. The van der Waals surface area contributed by atoms with E-state index in [9.17, 15) is 29.7 Å². The van der Waals surface area contributed by atoms with Crippen LogP contribution in [-0.2, 0) is 4.79 Å². The number of carbonyl (C=O) groups is 1. The quantitative estimate of drug-likeness (QED) is 0.245. The van der Waals surface area contributed by atoms with Crippen molar-refractivity contribution in [1.82, 2.24) is 9.80 Å². The minimum absolute atomic E-state index is 0.0253. The van der Waals surface area contributed by atoms with Gasteiger partial charge in [0, 0.05) is 61.3 Å². The van der Waals surface area contributed by atoms with Crippen molar-refractivity contribution in [2.45, 2.75) is 12.3 Å². The average Bonchev–Trinajstić information content (AvgIpc) is 3.03. The standard InChI is InChI=1S/C33H30N2O9/c1-34-10-12-35(13-11-34)26(37)15-20(22-17-43-24-9-8-19(42-2)14-21(24)29(22)38)27-30(39)32(41)31(40)28-23(36)16-25(44-33(27)28)18-6-4-3-5-7-18/h3-9,14,16-17,20,39-41H,10-13,15H2,1-2H3. The number of likely N-dealkylation sites (N-methyl/N-ethyl adjacent to an activating group) is 1. The number of rotatable bonds is 6. The van der Waals surface area contributed by atoms with Crippen LogP contribution >= 0.6 is 0 Å². The van der Waals surface area contributed by atoms with Gasteiger partial charge in [0.05, 0.1) is 18.8 Å². The number of amides is 1.